The maximum absolute atomic E-state index is 12.8. The molecule has 2 rings (SSSR count). The third-order valence-corrected chi connectivity index (χ3v) is 2.69. The van der Waals surface area contributed by atoms with Crippen LogP contribution in [0.1, 0.15) is 13.8 Å². The number of fused-ring (bicyclic) bond motifs is 1. The molecular weight excluding hydrogens is 258 g/mol. The number of halogens is 2. The minimum Gasteiger partial charge on any atom is -0.395 e. The maximum Gasteiger partial charge on any atom is 0.586 e. The zero-order valence-corrected chi connectivity index (χ0v) is 10.4. The second-order valence-corrected chi connectivity index (χ2v) is 4.59. The fraction of sp³-hybridized carbons (Fsp3) is 0.417. The van der Waals surface area contributed by atoms with Gasteiger partial charge in [-0.25, -0.2) is 0 Å². The van der Waals surface area contributed by atoms with Gasteiger partial charge in [-0.15, -0.1) is 8.78 Å². The van der Waals surface area contributed by atoms with Crippen LogP contribution in [0.2, 0.25) is 0 Å². The fourth-order valence-electron chi connectivity index (χ4n) is 1.56. The summed E-state index contributed by atoms with van der Waals surface area (Å²) in [6.07, 6.45) is -3.67. The van der Waals surface area contributed by atoms with Gasteiger partial charge in [-0.05, 0) is 18.1 Å². The molecule has 0 saturated heterocycles. The third-order valence-electron chi connectivity index (χ3n) is 2.69. The monoisotopic (exact) mass is 272 g/mol. The summed E-state index contributed by atoms with van der Waals surface area (Å²) in [6, 6.07) is 3.33. The van der Waals surface area contributed by atoms with Gasteiger partial charge in [0.15, 0.2) is 11.5 Å². The first kappa shape index (κ1) is 13.5. The van der Waals surface area contributed by atoms with Crippen molar-refractivity contribution in [1.29, 1.82) is 0 Å². The number of hydrogen-bond donors (Lipinski definition) is 2. The topological polar surface area (TPSA) is 73.6 Å². The van der Waals surface area contributed by atoms with E-state index < -0.39 is 12.3 Å². The van der Waals surface area contributed by atoms with Crippen LogP contribution in [0.15, 0.2) is 18.2 Å². The highest BCUT2D eigenvalue weighted by Crippen LogP contribution is 2.42. The van der Waals surface area contributed by atoms with Gasteiger partial charge in [-0.2, -0.15) is 0 Å². The zero-order valence-electron chi connectivity index (χ0n) is 10.4. The predicted molar refractivity (Wildman–Crippen MR) is 64.1 cm³/mol. The van der Waals surface area contributed by atoms with Crippen molar-refractivity contribution in [3.63, 3.8) is 0 Å². The summed E-state index contributed by atoms with van der Waals surface area (Å²) in [5.41, 5.74) is 6.00. The van der Waals surface area contributed by atoms with Crippen molar-refractivity contribution in [2.45, 2.75) is 26.2 Å². The Morgan fingerprint density at radius 3 is 2.58 bits per heavy atom. The molecule has 104 valence electrons. The Bertz CT molecular complexity index is 506. The first-order valence-corrected chi connectivity index (χ1v) is 5.75. The smallest absolute Gasteiger partial charge is 0.395 e. The van der Waals surface area contributed by atoms with Crippen LogP contribution >= 0.6 is 0 Å². The molecule has 1 heterocycles. The Balaban J connectivity index is 2.11. The van der Waals surface area contributed by atoms with E-state index in [0.29, 0.717) is 5.69 Å². The van der Waals surface area contributed by atoms with E-state index in [1.54, 1.807) is 0 Å². The standard InChI is InChI=1S/C12H14F2N2O3/c1-6(2)10(15)11(17)16-7-3-4-8-9(5-7)19-12(13,14)18-8/h3-6,10H,15H2,1-2H3,(H,16,17). The number of rotatable bonds is 3. The summed E-state index contributed by atoms with van der Waals surface area (Å²) >= 11 is 0. The maximum atomic E-state index is 12.8. The highest BCUT2D eigenvalue weighted by atomic mass is 19.3. The molecule has 19 heavy (non-hydrogen) atoms. The van der Waals surface area contributed by atoms with Gasteiger partial charge in [-0.1, -0.05) is 13.8 Å². The summed E-state index contributed by atoms with van der Waals surface area (Å²) in [7, 11) is 0. The number of carbonyl (C=O) groups is 1. The average Bonchev–Trinajstić information content (AvgIpc) is 2.60. The van der Waals surface area contributed by atoms with Gasteiger partial charge in [-0.3, -0.25) is 4.79 Å². The van der Waals surface area contributed by atoms with Crippen molar-refractivity contribution in [3.05, 3.63) is 18.2 Å². The van der Waals surface area contributed by atoms with E-state index in [1.165, 1.54) is 18.2 Å². The van der Waals surface area contributed by atoms with Crippen molar-refractivity contribution in [2.75, 3.05) is 5.32 Å². The van der Waals surface area contributed by atoms with Gasteiger partial charge in [0.05, 0.1) is 6.04 Å². The molecule has 7 heteroatoms. The Morgan fingerprint density at radius 1 is 1.32 bits per heavy atom. The van der Waals surface area contributed by atoms with Crippen LogP contribution in [0.4, 0.5) is 14.5 Å². The number of nitrogens with one attached hydrogen (secondary N) is 1. The van der Waals surface area contributed by atoms with Crippen LogP contribution in [-0.2, 0) is 4.79 Å². The predicted octanol–water partition coefficient (Wildman–Crippen LogP) is 1.93. The number of benzene rings is 1. The van der Waals surface area contributed by atoms with Crippen molar-refractivity contribution in [3.8, 4) is 11.5 Å². The lowest BCUT2D eigenvalue weighted by molar-refractivity contribution is -0.286. The highest BCUT2D eigenvalue weighted by molar-refractivity contribution is 5.95. The summed E-state index contributed by atoms with van der Waals surface area (Å²) in [5, 5.41) is 2.54. The van der Waals surface area contributed by atoms with Crippen molar-refractivity contribution < 1.29 is 23.0 Å². The molecule has 1 amide bonds. The SMILES string of the molecule is CC(C)C(N)C(=O)Nc1ccc2c(c1)OC(F)(F)O2. The lowest BCUT2D eigenvalue weighted by Gasteiger charge is -2.15. The van der Waals surface area contributed by atoms with E-state index in [9.17, 15) is 13.6 Å². The van der Waals surface area contributed by atoms with E-state index in [4.69, 9.17) is 5.73 Å². The molecule has 0 aliphatic carbocycles. The lowest BCUT2D eigenvalue weighted by atomic mass is 10.0. The molecule has 1 aliphatic rings. The van der Waals surface area contributed by atoms with Crippen LogP contribution in [0.5, 0.6) is 11.5 Å². The lowest BCUT2D eigenvalue weighted by Crippen LogP contribution is -2.39. The molecule has 1 atom stereocenters. The largest absolute Gasteiger partial charge is 0.586 e. The van der Waals surface area contributed by atoms with Gasteiger partial charge < -0.3 is 20.5 Å². The molecule has 5 nitrogen and oxygen atoms in total. The van der Waals surface area contributed by atoms with Crippen LogP contribution < -0.4 is 20.5 Å². The van der Waals surface area contributed by atoms with Crippen LogP contribution in [0.3, 0.4) is 0 Å². The van der Waals surface area contributed by atoms with Crippen LogP contribution in [-0.4, -0.2) is 18.2 Å². The first-order valence-electron chi connectivity index (χ1n) is 5.75. The number of nitrogens with two attached hydrogens (primary N) is 1. The Kier molecular flexibility index (Phi) is 3.32. The second-order valence-electron chi connectivity index (χ2n) is 4.59. The molecule has 0 fully saturated rings. The molecule has 0 aromatic heterocycles. The first-order chi connectivity index (χ1) is 8.78. The van der Waals surface area contributed by atoms with Crippen LogP contribution in [0.25, 0.3) is 0 Å². The molecule has 1 aliphatic heterocycles. The Labute approximate surface area is 108 Å². The van der Waals surface area contributed by atoms with Gasteiger partial charge in [0.2, 0.25) is 5.91 Å². The summed E-state index contributed by atoms with van der Waals surface area (Å²) in [6.45, 7) is 3.62. The van der Waals surface area contributed by atoms with Gasteiger partial charge in [0, 0.05) is 11.8 Å². The van der Waals surface area contributed by atoms with Crippen molar-refractivity contribution in [1.82, 2.24) is 0 Å². The normalized spacial score (nSPS) is 17.4. The second kappa shape index (κ2) is 4.65. The van der Waals surface area contributed by atoms with Crippen molar-refractivity contribution >= 4 is 11.6 Å². The number of amides is 1. The average molecular weight is 272 g/mol. The Hall–Kier alpha value is -1.89. The van der Waals surface area contributed by atoms with Gasteiger partial charge in [0.25, 0.3) is 0 Å². The molecule has 0 spiro atoms. The van der Waals surface area contributed by atoms with E-state index >= 15 is 0 Å². The molecule has 0 saturated carbocycles. The Morgan fingerprint density at radius 2 is 1.95 bits per heavy atom. The quantitative estimate of drug-likeness (QED) is 0.881. The molecule has 0 bridgehead atoms. The number of hydrogen-bond acceptors (Lipinski definition) is 4. The fourth-order valence-corrected chi connectivity index (χ4v) is 1.56. The number of carbonyl (C=O) groups excluding carboxylic acids is 1. The van der Waals surface area contributed by atoms with Crippen LogP contribution in [0, 0.1) is 5.92 Å². The molecule has 1 unspecified atom stereocenters. The molecule has 1 aromatic carbocycles. The van der Waals surface area contributed by atoms with E-state index in [1.807, 2.05) is 13.8 Å². The minimum atomic E-state index is -3.67. The van der Waals surface area contributed by atoms with E-state index in [0.717, 1.165) is 0 Å². The third kappa shape index (κ3) is 2.93. The van der Waals surface area contributed by atoms with E-state index in [-0.39, 0.29) is 23.3 Å². The van der Waals surface area contributed by atoms with Gasteiger partial charge >= 0.3 is 6.29 Å². The van der Waals surface area contributed by atoms with Gasteiger partial charge in [0.1, 0.15) is 0 Å². The molecule has 0 radical (unpaired) electrons. The molecular formula is C12H14F2N2O3. The van der Waals surface area contributed by atoms with E-state index in [2.05, 4.69) is 14.8 Å². The number of anilines is 1. The van der Waals surface area contributed by atoms with Crippen molar-refractivity contribution in [2.24, 2.45) is 11.7 Å². The molecule has 3 N–H and O–H groups in total. The minimum absolute atomic E-state index is 0.0293. The summed E-state index contributed by atoms with van der Waals surface area (Å²) in [5.74, 6) is -0.615. The summed E-state index contributed by atoms with van der Waals surface area (Å²) < 4.78 is 34.2. The number of ether oxygens (including phenoxy) is 2. The molecule has 1 aromatic rings. The summed E-state index contributed by atoms with van der Waals surface area (Å²) in [4.78, 5) is 11.7. The number of alkyl halides is 2. The zero-order chi connectivity index (χ0) is 14.2. The highest BCUT2D eigenvalue weighted by Gasteiger charge is 2.43.